The molecule has 2 aliphatic rings. The van der Waals surface area contributed by atoms with Crippen LogP contribution in [0.3, 0.4) is 0 Å². The van der Waals surface area contributed by atoms with Crippen molar-refractivity contribution < 1.29 is 33.4 Å². The Morgan fingerprint density at radius 1 is 1.10 bits per heavy atom. The lowest BCUT2D eigenvalue weighted by Gasteiger charge is -2.21. The highest BCUT2D eigenvalue weighted by atomic mass is 16.5. The molecule has 1 aromatic rings. The second-order valence-electron chi connectivity index (χ2n) is 7.06. The van der Waals surface area contributed by atoms with Crippen molar-refractivity contribution in [3.8, 4) is 5.75 Å². The lowest BCUT2D eigenvalue weighted by Crippen LogP contribution is -2.45. The summed E-state index contributed by atoms with van der Waals surface area (Å²) < 4.78 is 9.99. The standard InChI is InChI=1S/C21H22N2O7/c1-12(23-19(26)13-7-3-4-8-14(13)20(23)27)21(28)30-11-17(24)22-18(25)15-9-5-6-10-16(15)29-2/h3-6,9-10,12-14H,7-8,11H2,1-2H3,(H,22,24,25)/t12-,13-,14-/m0/s1. The molecule has 1 heterocycles. The minimum Gasteiger partial charge on any atom is -0.496 e. The molecule has 1 aromatic carbocycles. The third-order valence-corrected chi connectivity index (χ3v) is 5.22. The molecule has 30 heavy (non-hydrogen) atoms. The molecule has 1 aliphatic heterocycles. The van der Waals surface area contributed by atoms with Crippen molar-refractivity contribution in [2.24, 2.45) is 11.8 Å². The lowest BCUT2D eigenvalue weighted by molar-refractivity contribution is -0.159. The van der Waals surface area contributed by atoms with E-state index in [-0.39, 0.29) is 11.3 Å². The van der Waals surface area contributed by atoms with E-state index >= 15 is 0 Å². The van der Waals surface area contributed by atoms with Crippen LogP contribution >= 0.6 is 0 Å². The Kier molecular flexibility index (Phi) is 6.29. The molecule has 1 aliphatic carbocycles. The summed E-state index contributed by atoms with van der Waals surface area (Å²) in [7, 11) is 1.39. The Morgan fingerprint density at radius 2 is 1.70 bits per heavy atom. The highest BCUT2D eigenvalue weighted by Crippen LogP contribution is 2.36. The van der Waals surface area contributed by atoms with E-state index in [1.807, 2.05) is 12.2 Å². The Balaban J connectivity index is 1.55. The topological polar surface area (TPSA) is 119 Å². The Morgan fingerprint density at radius 3 is 2.30 bits per heavy atom. The van der Waals surface area contributed by atoms with Crippen LogP contribution < -0.4 is 10.1 Å². The van der Waals surface area contributed by atoms with Crippen LogP contribution in [-0.2, 0) is 23.9 Å². The smallest absolute Gasteiger partial charge is 0.329 e. The largest absolute Gasteiger partial charge is 0.496 e. The van der Waals surface area contributed by atoms with Gasteiger partial charge in [-0.3, -0.25) is 29.4 Å². The number of esters is 1. The summed E-state index contributed by atoms with van der Waals surface area (Å²) in [5.41, 5.74) is 0.150. The number of hydrogen-bond acceptors (Lipinski definition) is 7. The van der Waals surface area contributed by atoms with E-state index in [0.29, 0.717) is 12.8 Å². The quantitative estimate of drug-likeness (QED) is 0.416. The highest BCUT2D eigenvalue weighted by molar-refractivity contribution is 6.08. The first-order chi connectivity index (χ1) is 14.3. The molecule has 0 bridgehead atoms. The minimum atomic E-state index is -1.16. The number of rotatable bonds is 6. The Bertz CT molecular complexity index is 898. The summed E-state index contributed by atoms with van der Waals surface area (Å²) >= 11 is 0. The summed E-state index contributed by atoms with van der Waals surface area (Å²) in [5, 5.41) is 2.10. The molecule has 1 N–H and O–H groups in total. The lowest BCUT2D eigenvalue weighted by atomic mass is 9.85. The average molecular weight is 414 g/mol. The first kappa shape index (κ1) is 21.2. The Hall–Kier alpha value is -3.49. The SMILES string of the molecule is COc1ccccc1C(=O)NC(=O)COC(=O)[C@H](C)N1C(=O)[C@H]2CC=CC[C@@H]2C1=O. The molecule has 3 atom stereocenters. The molecule has 9 nitrogen and oxygen atoms in total. The monoisotopic (exact) mass is 414 g/mol. The van der Waals surface area contributed by atoms with Crippen LogP contribution in [-0.4, -0.2) is 54.3 Å². The first-order valence-corrected chi connectivity index (χ1v) is 9.51. The fourth-order valence-electron chi connectivity index (χ4n) is 3.63. The van der Waals surface area contributed by atoms with Gasteiger partial charge < -0.3 is 9.47 Å². The number of ether oxygens (including phenoxy) is 2. The van der Waals surface area contributed by atoms with Crippen molar-refractivity contribution in [1.29, 1.82) is 0 Å². The summed E-state index contributed by atoms with van der Waals surface area (Å²) in [6, 6.07) is 5.18. The van der Waals surface area contributed by atoms with Crippen molar-refractivity contribution in [2.45, 2.75) is 25.8 Å². The normalized spacial score (nSPS) is 21.1. The molecule has 158 valence electrons. The summed E-state index contributed by atoms with van der Waals surface area (Å²) in [4.78, 5) is 62.5. The van der Waals surface area contributed by atoms with Gasteiger partial charge in [-0.1, -0.05) is 24.3 Å². The number of benzene rings is 1. The van der Waals surface area contributed by atoms with Crippen molar-refractivity contribution in [3.05, 3.63) is 42.0 Å². The number of carbonyl (C=O) groups is 5. The van der Waals surface area contributed by atoms with Crippen LogP contribution in [0.15, 0.2) is 36.4 Å². The number of likely N-dealkylation sites (tertiary alicyclic amines) is 1. The van der Waals surface area contributed by atoms with E-state index in [9.17, 15) is 24.0 Å². The van der Waals surface area contributed by atoms with E-state index in [0.717, 1.165) is 4.90 Å². The van der Waals surface area contributed by atoms with Gasteiger partial charge in [0.1, 0.15) is 11.8 Å². The van der Waals surface area contributed by atoms with E-state index < -0.39 is 54.1 Å². The van der Waals surface area contributed by atoms with E-state index in [4.69, 9.17) is 9.47 Å². The van der Waals surface area contributed by atoms with Gasteiger partial charge in [-0.25, -0.2) is 4.79 Å². The second-order valence-corrected chi connectivity index (χ2v) is 7.06. The van der Waals surface area contributed by atoms with Crippen LogP contribution in [0.5, 0.6) is 5.75 Å². The summed E-state index contributed by atoms with van der Waals surface area (Å²) in [5.74, 6) is -3.90. The molecule has 1 saturated heterocycles. The zero-order valence-corrected chi connectivity index (χ0v) is 16.6. The van der Waals surface area contributed by atoms with E-state index in [1.54, 1.807) is 18.2 Å². The molecule has 0 spiro atoms. The number of imide groups is 2. The number of nitrogens with zero attached hydrogens (tertiary/aromatic N) is 1. The maximum absolute atomic E-state index is 12.5. The van der Waals surface area contributed by atoms with Crippen LogP contribution in [0.1, 0.15) is 30.1 Å². The fraction of sp³-hybridized carbons (Fsp3) is 0.381. The average Bonchev–Trinajstić information content (AvgIpc) is 3.01. The van der Waals surface area contributed by atoms with Crippen molar-refractivity contribution in [2.75, 3.05) is 13.7 Å². The van der Waals surface area contributed by atoms with Gasteiger partial charge in [0.2, 0.25) is 11.8 Å². The van der Waals surface area contributed by atoms with Gasteiger partial charge in [0.05, 0.1) is 24.5 Å². The van der Waals surface area contributed by atoms with Gasteiger partial charge in [0.25, 0.3) is 11.8 Å². The molecule has 3 rings (SSSR count). The number of hydrogen-bond donors (Lipinski definition) is 1. The van der Waals surface area contributed by atoms with Gasteiger partial charge in [-0.05, 0) is 31.9 Å². The molecular weight excluding hydrogens is 392 g/mol. The first-order valence-electron chi connectivity index (χ1n) is 9.51. The molecular formula is C21H22N2O7. The number of para-hydroxylation sites is 1. The number of methoxy groups -OCH3 is 1. The van der Waals surface area contributed by atoms with Crippen LogP contribution in [0.25, 0.3) is 0 Å². The Labute approximate surface area is 173 Å². The maximum Gasteiger partial charge on any atom is 0.329 e. The van der Waals surface area contributed by atoms with Crippen LogP contribution in [0.2, 0.25) is 0 Å². The molecule has 0 radical (unpaired) electrons. The fourth-order valence-corrected chi connectivity index (χ4v) is 3.63. The van der Waals surface area contributed by atoms with Crippen molar-refractivity contribution in [1.82, 2.24) is 10.2 Å². The molecule has 0 saturated carbocycles. The molecule has 1 fully saturated rings. The number of amides is 4. The third kappa shape index (κ3) is 4.10. The molecule has 9 heteroatoms. The molecule has 0 aromatic heterocycles. The predicted molar refractivity (Wildman–Crippen MR) is 103 cm³/mol. The number of fused-ring (bicyclic) bond motifs is 1. The number of allylic oxidation sites excluding steroid dienone is 2. The second kappa shape index (κ2) is 8.89. The zero-order valence-electron chi connectivity index (χ0n) is 16.6. The van der Waals surface area contributed by atoms with Gasteiger partial charge in [-0.15, -0.1) is 0 Å². The number of nitrogens with one attached hydrogen (secondary N) is 1. The van der Waals surface area contributed by atoms with Crippen molar-refractivity contribution >= 4 is 29.6 Å². The summed E-state index contributed by atoms with van der Waals surface area (Å²) in [6.07, 6.45) is 4.62. The third-order valence-electron chi connectivity index (χ3n) is 5.22. The van der Waals surface area contributed by atoms with Gasteiger partial charge in [0, 0.05) is 0 Å². The van der Waals surface area contributed by atoms with Crippen LogP contribution in [0, 0.1) is 11.8 Å². The number of carbonyl (C=O) groups excluding carboxylic acids is 5. The van der Waals surface area contributed by atoms with Crippen LogP contribution in [0.4, 0.5) is 0 Å². The highest BCUT2D eigenvalue weighted by Gasteiger charge is 2.50. The van der Waals surface area contributed by atoms with E-state index in [2.05, 4.69) is 5.32 Å². The van der Waals surface area contributed by atoms with Gasteiger partial charge in [-0.2, -0.15) is 0 Å². The maximum atomic E-state index is 12.5. The summed E-state index contributed by atoms with van der Waals surface area (Å²) in [6.45, 7) is 0.648. The predicted octanol–water partition coefficient (Wildman–Crippen LogP) is 0.834. The van der Waals surface area contributed by atoms with Crippen molar-refractivity contribution in [3.63, 3.8) is 0 Å². The van der Waals surface area contributed by atoms with E-state index in [1.165, 1.54) is 20.1 Å². The van der Waals surface area contributed by atoms with Gasteiger partial charge >= 0.3 is 5.97 Å². The van der Waals surface area contributed by atoms with Gasteiger partial charge in [0.15, 0.2) is 6.61 Å². The molecule has 4 amide bonds. The zero-order chi connectivity index (χ0) is 21.8. The minimum absolute atomic E-state index is 0.150. The molecule has 0 unspecified atom stereocenters.